The summed E-state index contributed by atoms with van der Waals surface area (Å²) in [7, 11) is 0. The van der Waals surface area contributed by atoms with Crippen molar-refractivity contribution in [1.29, 1.82) is 5.26 Å². The summed E-state index contributed by atoms with van der Waals surface area (Å²) in [6.07, 6.45) is -1.47. The van der Waals surface area contributed by atoms with Crippen LogP contribution in [0.5, 0.6) is 0 Å². The second-order valence-corrected chi connectivity index (χ2v) is 5.60. The van der Waals surface area contributed by atoms with Crippen LogP contribution in [0.2, 0.25) is 0 Å². The maximum Gasteiger partial charge on any atom is 0.179 e. The molecule has 1 rings (SSSR count). The molecule has 0 unspecified atom stereocenters. The van der Waals surface area contributed by atoms with E-state index in [0.29, 0.717) is 5.56 Å². The molecule has 0 atom stereocenters. The minimum Gasteiger partial charge on any atom is -0.364 e. The van der Waals surface area contributed by atoms with Gasteiger partial charge in [0.2, 0.25) is 0 Å². The Bertz CT molecular complexity index is 436. The summed E-state index contributed by atoms with van der Waals surface area (Å²) in [4.78, 5) is 0.823. The molecule has 0 aliphatic carbocycles. The predicted octanol–water partition coefficient (Wildman–Crippen LogP) is 2.58. The topological polar surface area (TPSA) is 64.2 Å². The lowest BCUT2D eigenvalue weighted by atomic mass is 9.86. The van der Waals surface area contributed by atoms with Gasteiger partial charge in [-0.25, -0.2) is 0 Å². The lowest BCUT2D eigenvalue weighted by Gasteiger charge is -2.19. The van der Waals surface area contributed by atoms with E-state index in [9.17, 15) is 10.2 Å². The van der Waals surface area contributed by atoms with E-state index >= 15 is 0 Å². The van der Waals surface area contributed by atoms with Crippen LogP contribution in [-0.2, 0) is 5.41 Å². The Kier molecular flexibility index (Phi) is 4.58. The Morgan fingerprint density at radius 1 is 1.41 bits per heavy atom. The maximum atomic E-state index is 9.26. The van der Waals surface area contributed by atoms with E-state index in [1.165, 1.54) is 0 Å². The van der Waals surface area contributed by atoms with Crippen LogP contribution < -0.4 is 0 Å². The monoisotopic (exact) mass is 251 g/mol. The molecular weight excluding hydrogens is 234 g/mol. The highest BCUT2D eigenvalue weighted by Crippen LogP contribution is 2.32. The number of hydrogen-bond donors (Lipinski definition) is 2. The largest absolute Gasteiger partial charge is 0.364 e. The number of nitriles is 1. The number of nitrogens with zero attached hydrogens (tertiary/aromatic N) is 1. The number of hydrogen-bond acceptors (Lipinski definition) is 4. The summed E-state index contributed by atoms with van der Waals surface area (Å²) >= 11 is 1.54. The molecule has 17 heavy (non-hydrogen) atoms. The third kappa shape index (κ3) is 3.22. The standard InChI is InChI=1S/C13H17NO2S/c1-4-17-11-7-9(13(2,3)8-14)5-6-10(11)12(15)16/h5-7,12,15-16H,4H2,1-3H3. The maximum absolute atomic E-state index is 9.26. The molecule has 0 spiro atoms. The summed E-state index contributed by atoms with van der Waals surface area (Å²) < 4.78 is 0. The van der Waals surface area contributed by atoms with Crippen molar-refractivity contribution in [2.75, 3.05) is 5.75 Å². The Morgan fingerprint density at radius 2 is 2.06 bits per heavy atom. The minimum atomic E-state index is -1.47. The summed E-state index contributed by atoms with van der Waals surface area (Å²) in [5.41, 5.74) is 0.817. The van der Waals surface area contributed by atoms with Crippen molar-refractivity contribution in [3.05, 3.63) is 29.3 Å². The molecule has 0 aliphatic heterocycles. The zero-order valence-electron chi connectivity index (χ0n) is 10.3. The van der Waals surface area contributed by atoms with Gasteiger partial charge in [-0.2, -0.15) is 5.26 Å². The molecule has 4 heteroatoms. The first-order chi connectivity index (χ1) is 7.92. The second kappa shape index (κ2) is 5.54. The molecule has 92 valence electrons. The average molecular weight is 251 g/mol. The van der Waals surface area contributed by atoms with Gasteiger partial charge in [0, 0.05) is 10.5 Å². The number of thioether (sulfide) groups is 1. The lowest BCUT2D eigenvalue weighted by Crippen LogP contribution is -2.14. The van der Waals surface area contributed by atoms with Crippen LogP contribution in [0, 0.1) is 11.3 Å². The molecule has 0 saturated heterocycles. The Labute approximate surface area is 106 Å². The molecule has 0 saturated carbocycles. The first-order valence-corrected chi connectivity index (χ1v) is 6.45. The summed E-state index contributed by atoms with van der Waals surface area (Å²) in [6, 6.07) is 7.56. The lowest BCUT2D eigenvalue weighted by molar-refractivity contribution is -0.0445. The third-order valence-electron chi connectivity index (χ3n) is 2.59. The zero-order valence-corrected chi connectivity index (χ0v) is 11.1. The molecule has 0 heterocycles. The van der Waals surface area contributed by atoms with Crippen LogP contribution >= 0.6 is 11.8 Å². The zero-order chi connectivity index (χ0) is 13.1. The quantitative estimate of drug-likeness (QED) is 0.637. The molecule has 2 N–H and O–H groups in total. The number of rotatable bonds is 4. The molecule has 0 amide bonds. The highest BCUT2D eigenvalue weighted by Gasteiger charge is 2.21. The Morgan fingerprint density at radius 3 is 2.53 bits per heavy atom. The Hall–Kier alpha value is -1.02. The van der Waals surface area contributed by atoms with Crippen molar-refractivity contribution < 1.29 is 10.2 Å². The minimum absolute atomic E-state index is 0.495. The fraction of sp³-hybridized carbons (Fsp3) is 0.462. The van der Waals surface area contributed by atoms with Crippen LogP contribution in [0.25, 0.3) is 0 Å². The van der Waals surface area contributed by atoms with Crippen LogP contribution in [0.3, 0.4) is 0 Å². The van der Waals surface area contributed by atoms with Crippen molar-refractivity contribution in [3.63, 3.8) is 0 Å². The van der Waals surface area contributed by atoms with Gasteiger partial charge in [-0.1, -0.05) is 19.1 Å². The van der Waals surface area contributed by atoms with Crippen LogP contribution in [0.15, 0.2) is 23.1 Å². The van der Waals surface area contributed by atoms with Crippen LogP contribution in [-0.4, -0.2) is 16.0 Å². The van der Waals surface area contributed by atoms with Gasteiger partial charge in [0.1, 0.15) is 0 Å². The van der Waals surface area contributed by atoms with Gasteiger partial charge in [-0.15, -0.1) is 11.8 Å². The SMILES string of the molecule is CCSc1cc(C(C)(C)C#N)ccc1C(O)O. The van der Waals surface area contributed by atoms with E-state index in [2.05, 4.69) is 6.07 Å². The van der Waals surface area contributed by atoms with Gasteiger partial charge in [-0.05, 0) is 31.2 Å². The predicted molar refractivity (Wildman–Crippen MR) is 68.7 cm³/mol. The molecule has 3 nitrogen and oxygen atoms in total. The van der Waals surface area contributed by atoms with Gasteiger partial charge in [-0.3, -0.25) is 0 Å². The van der Waals surface area contributed by atoms with Crippen LogP contribution in [0.1, 0.15) is 38.2 Å². The number of aliphatic hydroxyl groups excluding tert-OH is 1. The van der Waals surface area contributed by atoms with Crippen molar-refractivity contribution in [2.24, 2.45) is 0 Å². The third-order valence-corrected chi connectivity index (χ3v) is 3.55. The highest BCUT2D eigenvalue weighted by atomic mass is 32.2. The van der Waals surface area contributed by atoms with Gasteiger partial charge in [0.05, 0.1) is 11.5 Å². The molecule has 1 aromatic carbocycles. The first kappa shape index (κ1) is 14.0. The van der Waals surface area contributed by atoms with Crippen molar-refractivity contribution >= 4 is 11.8 Å². The van der Waals surface area contributed by atoms with Crippen molar-refractivity contribution in [2.45, 2.75) is 37.4 Å². The van der Waals surface area contributed by atoms with Crippen molar-refractivity contribution in [1.82, 2.24) is 0 Å². The van der Waals surface area contributed by atoms with Gasteiger partial charge in [0.25, 0.3) is 0 Å². The molecule has 1 aromatic rings. The molecule has 0 aliphatic rings. The highest BCUT2D eigenvalue weighted by molar-refractivity contribution is 7.99. The molecule has 0 radical (unpaired) electrons. The second-order valence-electron chi connectivity index (χ2n) is 4.30. The first-order valence-electron chi connectivity index (χ1n) is 5.47. The number of benzene rings is 1. The molecule has 0 fully saturated rings. The average Bonchev–Trinajstić information content (AvgIpc) is 2.29. The van der Waals surface area contributed by atoms with E-state index < -0.39 is 11.7 Å². The summed E-state index contributed by atoms with van der Waals surface area (Å²) in [5.74, 6) is 0.843. The van der Waals surface area contributed by atoms with E-state index in [-0.39, 0.29) is 0 Å². The smallest absolute Gasteiger partial charge is 0.179 e. The molecule has 0 bridgehead atoms. The van der Waals surface area contributed by atoms with E-state index in [4.69, 9.17) is 5.26 Å². The molecular formula is C13H17NO2S. The van der Waals surface area contributed by atoms with Gasteiger partial charge >= 0.3 is 0 Å². The fourth-order valence-corrected chi connectivity index (χ4v) is 2.34. The van der Waals surface area contributed by atoms with Gasteiger partial charge in [0.15, 0.2) is 6.29 Å². The van der Waals surface area contributed by atoms with E-state index in [1.54, 1.807) is 23.9 Å². The van der Waals surface area contributed by atoms with Crippen molar-refractivity contribution in [3.8, 4) is 6.07 Å². The number of aliphatic hydroxyl groups is 2. The Balaban J connectivity index is 3.24. The summed E-state index contributed by atoms with van der Waals surface area (Å²) in [5, 5.41) is 27.6. The van der Waals surface area contributed by atoms with Gasteiger partial charge < -0.3 is 10.2 Å². The summed E-state index contributed by atoms with van der Waals surface area (Å²) in [6.45, 7) is 5.69. The molecule has 0 aromatic heterocycles. The normalized spacial score (nSPS) is 11.6. The van der Waals surface area contributed by atoms with Crippen LogP contribution in [0.4, 0.5) is 0 Å². The van der Waals surface area contributed by atoms with E-state index in [0.717, 1.165) is 16.2 Å². The fourth-order valence-electron chi connectivity index (χ4n) is 1.48. The van der Waals surface area contributed by atoms with E-state index in [1.807, 2.05) is 26.8 Å².